The SMILES string of the molecule is Cc1[nH]nc(CO)c1S(=O)(=O)Nc1ccccc1I. The van der Waals surface area contributed by atoms with E-state index in [0.29, 0.717) is 11.4 Å². The Hall–Kier alpha value is -1.13. The average molecular weight is 393 g/mol. The van der Waals surface area contributed by atoms with Gasteiger partial charge >= 0.3 is 0 Å². The van der Waals surface area contributed by atoms with Crippen molar-refractivity contribution in [1.82, 2.24) is 10.2 Å². The van der Waals surface area contributed by atoms with Crippen LogP contribution in [0.2, 0.25) is 0 Å². The van der Waals surface area contributed by atoms with Gasteiger partial charge in [0.1, 0.15) is 10.6 Å². The molecule has 0 spiro atoms. The maximum atomic E-state index is 12.3. The van der Waals surface area contributed by atoms with E-state index in [-0.39, 0.29) is 10.6 Å². The molecule has 102 valence electrons. The Morgan fingerprint density at radius 3 is 2.74 bits per heavy atom. The molecule has 0 unspecified atom stereocenters. The summed E-state index contributed by atoms with van der Waals surface area (Å²) in [6.07, 6.45) is 0. The molecule has 2 aromatic rings. The molecule has 1 aromatic carbocycles. The predicted octanol–water partition coefficient (Wildman–Crippen LogP) is 1.62. The van der Waals surface area contributed by atoms with Crippen LogP contribution >= 0.6 is 22.6 Å². The highest BCUT2D eigenvalue weighted by Gasteiger charge is 2.24. The quantitative estimate of drug-likeness (QED) is 0.688. The van der Waals surface area contributed by atoms with Crippen LogP contribution in [0.3, 0.4) is 0 Å². The second-order valence-corrected chi connectivity index (χ2v) is 6.65. The number of aromatic amines is 1. The van der Waals surface area contributed by atoms with Gasteiger partial charge in [-0.05, 0) is 41.6 Å². The van der Waals surface area contributed by atoms with Crippen molar-refractivity contribution >= 4 is 38.3 Å². The summed E-state index contributed by atoms with van der Waals surface area (Å²) in [6.45, 7) is 1.16. The Bertz CT molecular complexity index is 697. The van der Waals surface area contributed by atoms with Crippen LogP contribution in [0.4, 0.5) is 5.69 Å². The number of rotatable bonds is 4. The number of hydrogen-bond acceptors (Lipinski definition) is 4. The molecule has 0 aliphatic rings. The molecule has 0 bridgehead atoms. The third-order valence-corrected chi connectivity index (χ3v) is 5.01. The second kappa shape index (κ2) is 5.47. The molecule has 8 heteroatoms. The van der Waals surface area contributed by atoms with Crippen LogP contribution in [-0.4, -0.2) is 23.7 Å². The number of nitrogens with one attached hydrogen (secondary N) is 2. The molecule has 0 amide bonds. The van der Waals surface area contributed by atoms with Gasteiger partial charge < -0.3 is 5.11 Å². The smallest absolute Gasteiger partial charge is 0.265 e. The van der Waals surface area contributed by atoms with Crippen LogP contribution in [0, 0.1) is 10.5 Å². The first-order valence-electron chi connectivity index (χ1n) is 5.37. The van der Waals surface area contributed by atoms with Gasteiger partial charge in [-0.2, -0.15) is 5.10 Å². The maximum Gasteiger partial charge on any atom is 0.265 e. The van der Waals surface area contributed by atoms with Crippen LogP contribution in [-0.2, 0) is 16.6 Å². The van der Waals surface area contributed by atoms with Gasteiger partial charge in [0.15, 0.2) is 0 Å². The molecule has 0 radical (unpaired) electrons. The first-order valence-corrected chi connectivity index (χ1v) is 7.94. The summed E-state index contributed by atoms with van der Waals surface area (Å²) >= 11 is 2.05. The first-order chi connectivity index (χ1) is 8.95. The van der Waals surface area contributed by atoms with Crippen molar-refractivity contribution in [3.05, 3.63) is 39.2 Å². The van der Waals surface area contributed by atoms with Crippen molar-refractivity contribution in [3.8, 4) is 0 Å². The number of aliphatic hydroxyl groups excluding tert-OH is 1. The standard InChI is InChI=1S/C11H12IN3O3S/c1-7-11(10(6-16)14-13-7)19(17,18)15-9-5-3-2-4-8(9)12/h2-5,15-16H,6H2,1H3,(H,13,14). The maximum absolute atomic E-state index is 12.3. The highest BCUT2D eigenvalue weighted by atomic mass is 127. The van der Waals surface area contributed by atoms with E-state index in [0.717, 1.165) is 3.57 Å². The molecule has 2 rings (SSSR count). The topological polar surface area (TPSA) is 95.1 Å². The lowest BCUT2D eigenvalue weighted by atomic mass is 10.3. The molecule has 1 heterocycles. The Labute approximate surface area is 124 Å². The summed E-state index contributed by atoms with van der Waals surface area (Å²) in [5.41, 5.74) is 0.992. The number of aryl methyl sites for hydroxylation is 1. The van der Waals surface area contributed by atoms with Gasteiger partial charge in [-0.25, -0.2) is 8.42 Å². The fourth-order valence-corrected chi connectivity index (χ4v) is 3.82. The van der Waals surface area contributed by atoms with Gasteiger partial charge in [0.25, 0.3) is 10.0 Å². The van der Waals surface area contributed by atoms with Crippen molar-refractivity contribution in [1.29, 1.82) is 0 Å². The Morgan fingerprint density at radius 2 is 2.11 bits per heavy atom. The molecule has 19 heavy (non-hydrogen) atoms. The van der Waals surface area contributed by atoms with E-state index in [1.54, 1.807) is 25.1 Å². The van der Waals surface area contributed by atoms with Gasteiger partial charge in [-0.1, -0.05) is 12.1 Å². The highest BCUT2D eigenvalue weighted by Crippen LogP contribution is 2.24. The lowest BCUT2D eigenvalue weighted by molar-refractivity contribution is 0.273. The summed E-state index contributed by atoms with van der Waals surface area (Å²) in [4.78, 5) is -0.00495. The van der Waals surface area contributed by atoms with E-state index in [1.807, 2.05) is 28.7 Å². The molecule has 0 aliphatic heterocycles. The number of benzene rings is 1. The van der Waals surface area contributed by atoms with Crippen LogP contribution < -0.4 is 4.72 Å². The average Bonchev–Trinajstić information content (AvgIpc) is 2.74. The van der Waals surface area contributed by atoms with E-state index >= 15 is 0 Å². The molecule has 3 N–H and O–H groups in total. The predicted molar refractivity (Wildman–Crippen MR) is 79.2 cm³/mol. The van der Waals surface area contributed by atoms with Crippen LogP contribution in [0.15, 0.2) is 29.2 Å². The Kier molecular flexibility index (Phi) is 4.11. The first kappa shape index (κ1) is 14.3. The lowest BCUT2D eigenvalue weighted by Gasteiger charge is -2.09. The minimum Gasteiger partial charge on any atom is -0.390 e. The number of para-hydroxylation sites is 1. The van der Waals surface area contributed by atoms with Crippen molar-refractivity contribution in [2.75, 3.05) is 4.72 Å². The van der Waals surface area contributed by atoms with E-state index < -0.39 is 16.6 Å². The van der Waals surface area contributed by atoms with Crippen LogP contribution in [0.1, 0.15) is 11.4 Å². The number of sulfonamides is 1. The number of anilines is 1. The zero-order valence-corrected chi connectivity index (χ0v) is 13.0. The molecular weight excluding hydrogens is 381 g/mol. The van der Waals surface area contributed by atoms with Crippen molar-refractivity contribution in [3.63, 3.8) is 0 Å². The number of halogens is 1. The van der Waals surface area contributed by atoms with E-state index in [1.165, 1.54) is 0 Å². The third-order valence-electron chi connectivity index (χ3n) is 2.50. The molecule has 0 fully saturated rings. The summed E-state index contributed by atoms with van der Waals surface area (Å²) in [7, 11) is -3.77. The van der Waals surface area contributed by atoms with Gasteiger partial charge in [0.2, 0.25) is 0 Å². The van der Waals surface area contributed by atoms with Gasteiger partial charge in [0, 0.05) is 3.57 Å². The molecule has 1 aromatic heterocycles. The van der Waals surface area contributed by atoms with Crippen molar-refractivity contribution in [2.45, 2.75) is 18.4 Å². The normalized spacial score (nSPS) is 11.5. The number of hydrogen-bond donors (Lipinski definition) is 3. The third kappa shape index (κ3) is 2.90. The van der Waals surface area contributed by atoms with E-state index in [2.05, 4.69) is 14.9 Å². The minimum absolute atomic E-state index is 0.00495. The number of nitrogens with zero attached hydrogens (tertiary/aromatic N) is 1. The van der Waals surface area contributed by atoms with Gasteiger partial charge in [-0.15, -0.1) is 0 Å². The summed E-state index contributed by atoms with van der Waals surface area (Å²) in [5.74, 6) is 0. The number of aromatic nitrogens is 2. The van der Waals surface area contributed by atoms with E-state index in [9.17, 15) is 8.42 Å². The molecule has 0 aliphatic carbocycles. The van der Waals surface area contributed by atoms with Gasteiger partial charge in [-0.3, -0.25) is 9.82 Å². The summed E-state index contributed by atoms with van der Waals surface area (Å²) in [5, 5.41) is 15.5. The van der Waals surface area contributed by atoms with Crippen LogP contribution in [0.5, 0.6) is 0 Å². The fraction of sp³-hybridized carbons (Fsp3) is 0.182. The zero-order chi connectivity index (χ0) is 14.0. The van der Waals surface area contributed by atoms with E-state index in [4.69, 9.17) is 5.11 Å². The lowest BCUT2D eigenvalue weighted by Crippen LogP contribution is -2.16. The Balaban J connectivity index is 2.44. The second-order valence-electron chi connectivity index (χ2n) is 3.87. The van der Waals surface area contributed by atoms with Crippen molar-refractivity contribution in [2.24, 2.45) is 0 Å². The molecule has 0 saturated heterocycles. The summed E-state index contributed by atoms with van der Waals surface area (Å²) in [6, 6.07) is 7.04. The fourth-order valence-electron chi connectivity index (χ4n) is 1.67. The minimum atomic E-state index is -3.77. The number of aliphatic hydroxyl groups is 1. The summed E-state index contributed by atoms with van der Waals surface area (Å²) < 4.78 is 27.9. The number of H-pyrrole nitrogens is 1. The van der Waals surface area contributed by atoms with Crippen LogP contribution in [0.25, 0.3) is 0 Å². The molecule has 6 nitrogen and oxygen atoms in total. The highest BCUT2D eigenvalue weighted by molar-refractivity contribution is 14.1. The zero-order valence-electron chi connectivity index (χ0n) is 10.0. The largest absolute Gasteiger partial charge is 0.390 e. The van der Waals surface area contributed by atoms with Gasteiger partial charge in [0.05, 0.1) is 18.0 Å². The Morgan fingerprint density at radius 1 is 1.42 bits per heavy atom. The molecule has 0 atom stereocenters. The monoisotopic (exact) mass is 393 g/mol. The van der Waals surface area contributed by atoms with Crippen molar-refractivity contribution < 1.29 is 13.5 Å². The molecular formula is C11H12IN3O3S. The molecule has 0 saturated carbocycles.